The number of nitrogens with zero attached hydrogens (tertiary/aromatic N) is 3. The van der Waals surface area contributed by atoms with Crippen molar-refractivity contribution in [2.45, 2.75) is 50.7 Å². The highest BCUT2D eigenvalue weighted by Gasteiger charge is 2.34. The van der Waals surface area contributed by atoms with Crippen LogP contribution < -0.4 is 10.6 Å². The van der Waals surface area contributed by atoms with Gasteiger partial charge < -0.3 is 25.1 Å². The summed E-state index contributed by atoms with van der Waals surface area (Å²) in [5.74, 6) is 1.41. The Morgan fingerprint density at radius 2 is 1.83 bits per heavy atom. The van der Waals surface area contributed by atoms with Gasteiger partial charge in [-0.3, -0.25) is 0 Å². The van der Waals surface area contributed by atoms with Crippen LogP contribution in [-0.2, 0) is 11.3 Å². The third-order valence-electron chi connectivity index (χ3n) is 6.74. The second kappa shape index (κ2) is 10.5. The van der Waals surface area contributed by atoms with Crippen LogP contribution in [0, 0.1) is 0 Å². The van der Waals surface area contributed by atoms with E-state index in [1.54, 1.807) is 0 Å². The van der Waals surface area contributed by atoms with Gasteiger partial charge in [0, 0.05) is 41.4 Å². The molecule has 1 aromatic heterocycles. The molecule has 2 heterocycles. The van der Waals surface area contributed by atoms with Crippen LogP contribution in [0.3, 0.4) is 0 Å². The van der Waals surface area contributed by atoms with Crippen molar-refractivity contribution in [1.29, 1.82) is 0 Å². The van der Waals surface area contributed by atoms with Crippen molar-refractivity contribution in [3.8, 4) is 11.3 Å². The lowest BCUT2D eigenvalue weighted by molar-refractivity contribution is 0.0328. The molecule has 5 rings (SSSR count). The number of rotatable bonds is 7. The van der Waals surface area contributed by atoms with Crippen molar-refractivity contribution in [2.24, 2.45) is 10.9 Å². The maximum Gasteiger partial charge on any atom is 0.170 e. The highest BCUT2D eigenvalue weighted by molar-refractivity contribution is 6.39. The summed E-state index contributed by atoms with van der Waals surface area (Å²) in [4.78, 5) is 2.35. The van der Waals surface area contributed by atoms with Crippen LogP contribution in [0.2, 0.25) is 10.0 Å². The summed E-state index contributed by atoms with van der Waals surface area (Å²) in [5, 5.41) is 17.4. The summed E-state index contributed by atoms with van der Waals surface area (Å²) in [6, 6.07) is 13.2. The van der Waals surface area contributed by atoms with Gasteiger partial charge in [0.15, 0.2) is 5.84 Å². The third kappa shape index (κ3) is 5.27. The standard InChI is InChI=1S/C26H28Cl2N4O3/c27-21-4-1-5-22(28)23(21)24-20(25(35-31-24)16-6-7-16)15-34-19-3-2-13-32(14-12-19)18-10-8-17(9-11-18)26(29)30-33/h1,4-5,8-11,16,19,33H,2-3,6-7,12-15H2,(H2,29,30). The molecule has 2 aromatic carbocycles. The summed E-state index contributed by atoms with van der Waals surface area (Å²) < 4.78 is 12.2. The average Bonchev–Trinajstić information content (AvgIpc) is 3.67. The molecule has 7 nitrogen and oxygen atoms in total. The van der Waals surface area contributed by atoms with E-state index in [1.807, 2.05) is 42.5 Å². The summed E-state index contributed by atoms with van der Waals surface area (Å²) in [6.45, 7) is 2.26. The number of ether oxygens (including phenoxy) is 1. The molecule has 35 heavy (non-hydrogen) atoms. The Balaban J connectivity index is 1.27. The van der Waals surface area contributed by atoms with Gasteiger partial charge in [-0.15, -0.1) is 0 Å². The quantitative estimate of drug-likeness (QED) is 0.168. The minimum absolute atomic E-state index is 0.109. The molecule has 3 aromatic rings. The number of hydrogen-bond donors (Lipinski definition) is 2. The molecule has 9 heteroatoms. The molecule has 1 atom stereocenters. The molecule has 1 unspecified atom stereocenters. The first-order valence-electron chi connectivity index (χ1n) is 11.9. The van der Waals surface area contributed by atoms with E-state index in [1.165, 1.54) is 0 Å². The summed E-state index contributed by atoms with van der Waals surface area (Å²) in [7, 11) is 0. The zero-order valence-electron chi connectivity index (χ0n) is 19.3. The number of oxime groups is 1. The Labute approximate surface area is 214 Å². The summed E-state index contributed by atoms with van der Waals surface area (Å²) >= 11 is 13.0. The topological polar surface area (TPSA) is 97.1 Å². The number of anilines is 1. The van der Waals surface area contributed by atoms with Crippen LogP contribution in [0.1, 0.15) is 54.9 Å². The predicted molar refractivity (Wildman–Crippen MR) is 138 cm³/mol. The summed E-state index contributed by atoms with van der Waals surface area (Å²) in [5.41, 5.74) is 9.84. The zero-order chi connectivity index (χ0) is 24.4. The first-order chi connectivity index (χ1) is 17.0. The van der Waals surface area contributed by atoms with Crippen molar-refractivity contribution in [3.05, 3.63) is 69.4 Å². The molecule has 3 N–H and O–H groups in total. The highest BCUT2D eigenvalue weighted by atomic mass is 35.5. The Morgan fingerprint density at radius 3 is 2.51 bits per heavy atom. The van der Waals surface area contributed by atoms with Gasteiger partial charge in [-0.2, -0.15) is 0 Å². The fourth-order valence-electron chi connectivity index (χ4n) is 4.64. The molecule has 2 aliphatic rings. The van der Waals surface area contributed by atoms with E-state index >= 15 is 0 Å². The van der Waals surface area contributed by atoms with Crippen LogP contribution in [0.15, 0.2) is 52.1 Å². The first kappa shape index (κ1) is 24.0. The van der Waals surface area contributed by atoms with Crippen LogP contribution in [0.4, 0.5) is 5.69 Å². The van der Waals surface area contributed by atoms with Crippen LogP contribution in [0.5, 0.6) is 0 Å². The third-order valence-corrected chi connectivity index (χ3v) is 7.37. The molecule has 1 aliphatic heterocycles. The van der Waals surface area contributed by atoms with Gasteiger partial charge >= 0.3 is 0 Å². The fraction of sp³-hybridized carbons (Fsp3) is 0.385. The number of benzene rings is 2. The van der Waals surface area contributed by atoms with E-state index in [-0.39, 0.29) is 11.9 Å². The van der Waals surface area contributed by atoms with Crippen molar-refractivity contribution in [3.63, 3.8) is 0 Å². The van der Waals surface area contributed by atoms with Gasteiger partial charge in [0.1, 0.15) is 11.5 Å². The predicted octanol–water partition coefficient (Wildman–Crippen LogP) is 6.20. The lowest BCUT2D eigenvalue weighted by atomic mass is 10.0. The SMILES string of the molecule is N/C(=N\O)c1ccc(N2CCCC(OCc3c(-c4c(Cl)cccc4Cl)noc3C3CC3)CC2)cc1. The van der Waals surface area contributed by atoms with E-state index in [0.717, 1.165) is 62.2 Å². The highest BCUT2D eigenvalue weighted by Crippen LogP contribution is 2.46. The monoisotopic (exact) mass is 514 g/mol. The van der Waals surface area contributed by atoms with Crippen LogP contribution >= 0.6 is 23.2 Å². The van der Waals surface area contributed by atoms with Gasteiger partial charge in [0.25, 0.3) is 0 Å². The fourth-order valence-corrected chi connectivity index (χ4v) is 5.22. The molecule has 2 fully saturated rings. The lowest BCUT2D eigenvalue weighted by Crippen LogP contribution is -2.25. The second-order valence-corrected chi connectivity index (χ2v) is 9.94. The molecule has 1 saturated heterocycles. The molecule has 1 aliphatic carbocycles. The molecule has 1 saturated carbocycles. The van der Waals surface area contributed by atoms with Crippen molar-refractivity contribution in [1.82, 2.24) is 5.16 Å². The van der Waals surface area contributed by atoms with Crippen molar-refractivity contribution < 1.29 is 14.5 Å². The average molecular weight is 515 g/mol. The molecular formula is C26H28Cl2N4O3. The largest absolute Gasteiger partial charge is 0.409 e. The Morgan fingerprint density at radius 1 is 1.09 bits per heavy atom. The molecule has 0 spiro atoms. The molecular weight excluding hydrogens is 487 g/mol. The van der Waals surface area contributed by atoms with Gasteiger partial charge in [-0.1, -0.05) is 39.6 Å². The zero-order valence-corrected chi connectivity index (χ0v) is 20.8. The Hall–Kier alpha value is -2.74. The number of hydrogen-bond acceptors (Lipinski definition) is 6. The van der Waals surface area contributed by atoms with Gasteiger partial charge in [-0.05, 0) is 68.5 Å². The van der Waals surface area contributed by atoms with E-state index in [2.05, 4.69) is 15.2 Å². The van der Waals surface area contributed by atoms with E-state index in [0.29, 0.717) is 39.4 Å². The van der Waals surface area contributed by atoms with E-state index in [9.17, 15) is 0 Å². The number of nitrogens with two attached hydrogens (primary N) is 1. The first-order valence-corrected chi connectivity index (χ1v) is 12.7. The van der Waals surface area contributed by atoms with Gasteiger partial charge in [-0.25, -0.2) is 0 Å². The van der Waals surface area contributed by atoms with E-state index < -0.39 is 0 Å². The number of amidine groups is 1. The van der Waals surface area contributed by atoms with Crippen molar-refractivity contribution in [2.75, 3.05) is 18.0 Å². The minimum atomic E-state index is 0.109. The maximum absolute atomic E-state index is 8.87. The number of aromatic nitrogens is 1. The van der Waals surface area contributed by atoms with Crippen molar-refractivity contribution >= 4 is 34.7 Å². The number of halogens is 2. The lowest BCUT2D eigenvalue weighted by Gasteiger charge is -2.23. The molecule has 184 valence electrons. The normalized spacial score (nSPS) is 19.1. The van der Waals surface area contributed by atoms with Gasteiger partial charge in [0.05, 0.1) is 22.8 Å². The smallest absolute Gasteiger partial charge is 0.170 e. The minimum Gasteiger partial charge on any atom is -0.409 e. The van der Waals surface area contributed by atoms with Gasteiger partial charge in [0.2, 0.25) is 0 Å². The van der Waals surface area contributed by atoms with Crippen LogP contribution in [-0.4, -0.2) is 35.4 Å². The Bertz CT molecular complexity index is 1190. The molecule has 0 amide bonds. The molecule has 0 bridgehead atoms. The Kier molecular flexibility index (Phi) is 7.18. The van der Waals surface area contributed by atoms with E-state index in [4.69, 9.17) is 43.4 Å². The maximum atomic E-state index is 8.87. The van der Waals surface area contributed by atoms with Crippen LogP contribution in [0.25, 0.3) is 11.3 Å². The second-order valence-electron chi connectivity index (χ2n) is 9.13. The molecule has 0 radical (unpaired) electrons. The summed E-state index contributed by atoms with van der Waals surface area (Å²) in [6.07, 6.45) is 5.25.